The number of rotatable bonds is 3. The second-order valence-electron chi connectivity index (χ2n) is 5.16. The summed E-state index contributed by atoms with van der Waals surface area (Å²) in [6.45, 7) is 0. The monoisotopic (exact) mass is 289 g/mol. The third-order valence-corrected chi connectivity index (χ3v) is 3.76. The zero-order valence-corrected chi connectivity index (χ0v) is 11.9. The van der Waals surface area contributed by atoms with Gasteiger partial charge in [-0.15, -0.1) is 0 Å². The van der Waals surface area contributed by atoms with Gasteiger partial charge in [0.1, 0.15) is 5.76 Å². The Morgan fingerprint density at radius 3 is 2.41 bits per heavy atom. The zero-order chi connectivity index (χ0) is 14.8. The molecule has 1 aliphatic rings. The van der Waals surface area contributed by atoms with E-state index in [0.717, 1.165) is 22.7 Å². The van der Waals surface area contributed by atoms with Crippen LogP contribution in [0.3, 0.4) is 0 Å². The summed E-state index contributed by atoms with van der Waals surface area (Å²) in [4.78, 5) is 3.97. The van der Waals surface area contributed by atoms with E-state index in [-0.39, 0.29) is 0 Å². The summed E-state index contributed by atoms with van der Waals surface area (Å²) in [5.41, 5.74) is 9.94. The van der Waals surface area contributed by atoms with Gasteiger partial charge < -0.3 is 9.84 Å². The Kier molecular flexibility index (Phi) is 3.12. The molecule has 2 aromatic carbocycles. The first-order chi connectivity index (χ1) is 10.9. The van der Waals surface area contributed by atoms with Gasteiger partial charge in [0, 0.05) is 28.1 Å². The van der Waals surface area contributed by atoms with Crippen LogP contribution in [-0.2, 0) is 6.42 Å². The van der Waals surface area contributed by atoms with Crippen LogP contribution < -0.4 is 21.3 Å². The molecule has 22 heavy (non-hydrogen) atoms. The van der Waals surface area contributed by atoms with Gasteiger partial charge in [-0.25, -0.2) is 4.98 Å². The molecule has 2 heterocycles. The van der Waals surface area contributed by atoms with Crippen molar-refractivity contribution in [2.75, 3.05) is 0 Å². The standard InChI is InChI=1S/C18H15N3O/c1-2-6-13(7-3-1)18-16-9-5-4-8-15(16)17(20-21-18)10-14-11-19-12-22-14/h1-9,11-12,20-21H,10H2. The van der Waals surface area contributed by atoms with Gasteiger partial charge in [0.25, 0.3) is 0 Å². The fourth-order valence-corrected chi connectivity index (χ4v) is 2.71. The van der Waals surface area contributed by atoms with Crippen molar-refractivity contribution in [1.82, 2.24) is 15.8 Å². The van der Waals surface area contributed by atoms with Crippen LogP contribution in [0.15, 0.2) is 71.6 Å². The highest BCUT2D eigenvalue weighted by molar-refractivity contribution is 5.67. The van der Waals surface area contributed by atoms with Crippen molar-refractivity contribution in [1.29, 1.82) is 0 Å². The van der Waals surface area contributed by atoms with Crippen LogP contribution in [0.2, 0.25) is 0 Å². The summed E-state index contributed by atoms with van der Waals surface area (Å²) in [7, 11) is 0. The fourth-order valence-electron chi connectivity index (χ4n) is 2.71. The molecular formula is C18H15N3O. The van der Waals surface area contributed by atoms with E-state index in [1.165, 1.54) is 16.8 Å². The van der Waals surface area contributed by atoms with E-state index in [9.17, 15) is 0 Å². The molecule has 0 saturated carbocycles. The van der Waals surface area contributed by atoms with Crippen molar-refractivity contribution in [3.05, 3.63) is 88.9 Å². The lowest BCUT2D eigenvalue weighted by Gasteiger charge is -2.21. The molecule has 2 N–H and O–H groups in total. The predicted octanol–water partition coefficient (Wildman–Crippen LogP) is 1.29. The minimum atomic E-state index is 0.673. The average molecular weight is 289 g/mol. The number of hydrogen-bond donors (Lipinski definition) is 2. The Morgan fingerprint density at radius 2 is 1.64 bits per heavy atom. The van der Waals surface area contributed by atoms with Gasteiger partial charge in [-0.2, -0.15) is 0 Å². The molecule has 0 fully saturated rings. The van der Waals surface area contributed by atoms with E-state index in [1.54, 1.807) is 6.20 Å². The van der Waals surface area contributed by atoms with Gasteiger partial charge in [0.2, 0.25) is 0 Å². The lowest BCUT2D eigenvalue weighted by atomic mass is 10.0. The molecule has 4 nitrogen and oxygen atoms in total. The molecule has 0 radical (unpaired) electrons. The van der Waals surface area contributed by atoms with E-state index in [4.69, 9.17) is 4.42 Å². The van der Waals surface area contributed by atoms with Crippen molar-refractivity contribution < 1.29 is 4.42 Å². The number of hydrogen-bond acceptors (Lipinski definition) is 4. The van der Waals surface area contributed by atoms with Gasteiger partial charge in [0.05, 0.1) is 11.9 Å². The molecule has 0 bridgehead atoms. The summed E-state index contributed by atoms with van der Waals surface area (Å²) in [5, 5.41) is 2.36. The molecule has 0 unspecified atom stereocenters. The number of hydrazine groups is 1. The third-order valence-electron chi connectivity index (χ3n) is 3.76. The van der Waals surface area contributed by atoms with E-state index in [1.807, 2.05) is 18.2 Å². The van der Waals surface area contributed by atoms with E-state index < -0.39 is 0 Å². The first-order valence-corrected chi connectivity index (χ1v) is 7.19. The fraction of sp³-hybridized carbons (Fsp3) is 0.0556. The Labute approximate surface area is 127 Å². The summed E-state index contributed by atoms with van der Waals surface area (Å²) < 4.78 is 5.36. The Balaban J connectivity index is 1.92. The molecule has 4 heteroatoms. The minimum absolute atomic E-state index is 0.673. The van der Waals surface area contributed by atoms with Crippen molar-refractivity contribution in [3.8, 4) is 0 Å². The maximum atomic E-state index is 5.36. The molecule has 0 amide bonds. The highest BCUT2D eigenvalue weighted by Gasteiger charge is 2.12. The van der Waals surface area contributed by atoms with Crippen molar-refractivity contribution in [3.63, 3.8) is 0 Å². The lowest BCUT2D eigenvalue weighted by Crippen LogP contribution is -2.47. The van der Waals surface area contributed by atoms with Crippen LogP contribution >= 0.6 is 0 Å². The van der Waals surface area contributed by atoms with Gasteiger partial charge in [-0.05, 0) is 0 Å². The molecule has 4 rings (SSSR count). The SMILES string of the molecule is c1ccc(C2=c3ccccc3=C(Cc3cnco3)NN2)cc1. The quantitative estimate of drug-likeness (QED) is 0.763. The second-order valence-corrected chi connectivity index (χ2v) is 5.16. The number of fused-ring (bicyclic) bond motifs is 1. The molecule has 1 aromatic heterocycles. The van der Waals surface area contributed by atoms with Gasteiger partial charge >= 0.3 is 0 Å². The molecular weight excluding hydrogens is 274 g/mol. The number of nitrogens with one attached hydrogen (secondary N) is 2. The number of nitrogens with zero attached hydrogens (tertiary/aromatic N) is 1. The van der Waals surface area contributed by atoms with Crippen LogP contribution in [0.4, 0.5) is 0 Å². The maximum Gasteiger partial charge on any atom is 0.180 e. The molecule has 1 aliphatic heterocycles. The van der Waals surface area contributed by atoms with Crippen LogP contribution in [0.25, 0.3) is 11.4 Å². The van der Waals surface area contributed by atoms with Gasteiger partial charge in [0.15, 0.2) is 6.39 Å². The summed E-state index contributed by atoms with van der Waals surface area (Å²) in [6, 6.07) is 18.7. The summed E-state index contributed by atoms with van der Waals surface area (Å²) in [5.74, 6) is 0.835. The number of oxazole rings is 1. The van der Waals surface area contributed by atoms with Crippen molar-refractivity contribution >= 4 is 11.4 Å². The van der Waals surface area contributed by atoms with Crippen LogP contribution in [0.5, 0.6) is 0 Å². The highest BCUT2D eigenvalue weighted by atomic mass is 16.3. The molecule has 0 aliphatic carbocycles. The van der Waals surface area contributed by atoms with Gasteiger partial charge in [-0.1, -0.05) is 54.6 Å². The summed E-state index contributed by atoms with van der Waals surface area (Å²) in [6.07, 6.45) is 3.87. The topological polar surface area (TPSA) is 50.1 Å². The zero-order valence-electron chi connectivity index (χ0n) is 11.9. The van der Waals surface area contributed by atoms with Crippen LogP contribution in [-0.4, -0.2) is 4.98 Å². The Morgan fingerprint density at radius 1 is 0.864 bits per heavy atom. The molecule has 108 valence electrons. The third kappa shape index (κ3) is 2.24. The Hall–Kier alpha value is -3.01. The number of aromatic nitrogens is 1. The normalized spacial score (nSPS) is 13.3. The van der Waals surface area contributed by atoms with Crippen molar-refractivity contribution in [2.45, 2.75) is 6.42 Å². The maximum absolute atomic E-state index is 5.36. The summed E-state index contributed by atoms with van der Waals surface area (Å²) >= 11 is 0. The van der Waals surface area contributed by atoms with Crippen molar-refractivity contribution in [2.24, 2.45) is 0 Å². The first kappa shape index (κ1) is 12.7. The second kappa shape index (κ2) is 5.41. The highest BCUT2D eigenvalue weighted by Crippen LogP contribution is 2.10. The molecule has 3 aromatic rings. The van der Waals surface area contributed by atoms with E-state index in [2.05, 4.69) is 52.2 Å². The predicted molar refractivity (Wildman–Crippen MR) is 84.5 cm³/mol. The average Bonchev–Trinajstić information content (AvgIpc) is 3.09. The first-order valence-electron chi connectivity index (χ1n) is 7.19. The Bertz CT molecular complexity index is 899. The lowest BCUT2D eigenvalue weighted by molar-refractivity contribution is 0.514. The van der Waals surface area contributed by atoms with Gasteiger partial charge in [-0.3, -0.25) is 5.43 Å². The minimum Gasteiger partial charge on any atom is -0.448 e. The molecule has 0 spiro atoms. The van der Waals surface area contributed by atoms with E-state index in [0.29, 0.717) is 6.42 Å². The van der Waals surface area contributed by atoms with E-state index >= 15 is 0 Å². The molecule has 0 saturated heterocycles. The smallest absolute Gasteiger partial charge is 0.180 e. The van der Waals surface area contributed by atoms with Crippen LogP contribution in [0.1, 0.15) is 11.3 Å². The number of benzene rings is 2. The molecule has 0 atom stereocenters. The van der Waals surface area contributed by atoms with Crippen LogP contribution in [0, 0.1) is 0 Å². The largest absolute Gasteiger partial charge is 0.448 e.